The van der Waals surface area contributed by atoms with Crippen LogP contribution in [-0.2, 0) is 6.18 Å². The van der Waals surface area contributed by atoms with E-state index in [0.717, 1.165) is 12.1 Å². The maximum absolute atomic E-state index is 12.8. The van der Waals surface area contributed by atoms with Gasteiger partial charge in [-0.3, -0.25) is 0 Å². The van der Waals surface area contributed by atoms with Crippen molar-refractivity contribution in [2.75, 3.05) is 0 Å². The molecule has 2 aromatic rings. The smallest absolute Gasteiger partial charge is 0.416 e. The van der Waals surface area contributed by atoms with Gasteiger partial charge < -0.3 is 9.52 Å². The first-order valence-electron chi connectivity index (χ1n) is 6.69. The Labute approximate surface area is 126 Å². The van der Waals surface area contributed by atoms with Gasteiger partial charge in [0.15, 0.2) is 0 Å². The summed E-state index contributed by atoms with van der Waals surface area (Å²) in [5.41, 5.74) is -0.695. The summed E-state index contributed by atoms with van der Waals surface area (Å²) >= 11 is 0. The number of hydrogen-bond acceptors (Lipinski definition) is 4. The molecule has 0 saturated heterocycles. The second kappa shape index (κ2) is 5.39. The number of benzene rings is 1. The minimum absolute atomic E-state index is 0.0161. The van der Waals surface area contributed by atoms with Crippen molar-refractivity contribution in [1.29, 1.82) is 0 Å². The quantitative estimate of drug-likeness (QED) is 0.905. The van der Waals surface area contributed by atoms with E-state index >= 15 is 0 Å². The van der Waals surface area contributed by atoms with Crippen molar-refractivity contribution in [1.82, 2.24) is 10.2 Å². The minimum Gasteiger partial charge on any atom is -0.418 e. The molecule has 0 radical (unpaired) electrons. The van der Waals surface area contributed by atoms with Crippen molar-refractivity contribution in [3.05, 3.63) is 35.2 Å². The highest BCUT2D eigenvalue weighted by Gasteiger charge is 2.32. The molecule has 0 unspecified atom stereocenters. The van der Waals surface area contributed by atoms with Gasteiger partial charge in [-0.1, -0.05) is 20.8 Å². The normalized spacial score (nSPS) is 14.2. The maximum Gasteiger partial charge on any atom is 0.416 e. The SMILES string of the molecule is Cc1cc(-c2nnc([C@@H](O)C(C)(C)C)o2)cc(C(F)(F)F)c1. The summed E-state index contributed by atoms with van der Waals surface area (Å²) in [6, 6.07) is 3.52. The Morgan fingerprint density at radius 1 is 1.09 bits per heavy atom. The highest BCUT2D eigenvalue weighted by atomic mass is 19.4. The first-order chi connectivity index (χ1) is 9.98. The Kier molecular flexibility index (Phi) is 4.04. The van der Waals surface area contributed by atoms with Gasteiger partial charge in [-0.25, -0.2) is 0 Å². The summed E-state index contributed by atoms with van der Waals surface area (Å²) in [6.45, 7) is 6.92. The van der Waals surface area contributed by atoms with Gasteiger partial charge in [-0.15, -0.1) is 10.2 Å². The lowest BCUT2D eigenvalue weighted by atomic mass is 9.89. The summed E-state index contributed by atoms with van der Waals surface area (Å²) in [6.07, 6.45) is -5.45. The molecule has 22 heavy (non-hydrogen) atoms. The fourth-order valence-corrected chi connectivity index (χ4v) is 1.90. The van der Waals surface area contributed by atoms with E-state index in [1.54, 1.807) is 27.7 Å². The van der Waals surface area contributed by atoms with E-state index in [2.05, 4.69) is 10.2 Å². The number of aryl methyl sites for hydroxylation is 1. The minimum atomic E-state index is -4.45. The highest BCUT2D eigenvalue weighted by Crippen LogP contribution is 2.35. The molecule has 7 heteroatoms. The molecule has 120 valence electrons. The Bertz CT molecular complexity index is 672. The van der Waals surface area contributed by atoms with Crippen molar-refractivity contribution >= 4 is 0 Å². The molecule has 1 heterocycles. The Morgan fingerprint density at radius 3 is 2.27 bits per heavy atom. The van der Waals surface area contributed by atoms with E-state index in [1.807, 2.05) is 0 Å². The van der Waals surface area contributed by atoms with E-state index in [1.165, 1.54) is 6.07 Å². The van der Waals surface area contributed by atoms with Gasteiger partial charge >= 0.3 is 6.18 Å². The summed E-state index contributed by atoms with van der Waals surface area (Å²) < 4.78 is 43.9. The van der Waals surface area contributed by atoms with Crippen molar-refractivity contribution in [2.45, 2.75) is 40.0 Å². The van der Waals surface area contributed by atoms with Crippen LogP contribution in [0.2, 0.25) is 0 Å². The third-order valence-corrected chi connectivity index (χ3v) is 3.15. The van der Waals surface area contributed by atoms with E-state index in [9.17, 15) is 18.3 Å². The molecule has 0 amide bonds. The molecule has 2 rings (SSSR count). The van der Waals surface area contributed by atoms with Crippen LogP contribution in [-0.4, -0.2) is 15.3 Å². The Morgan fingerprint density at radius 2 is 1.73 bits per heavy atom. The summed E-state index contributed by atoms with van der Waals surface area (Å²) in [5, 5.41) is 17.6. The molecule has 1 aromatic heterocycles. The first kappa shape index (κ1) is 16.5. The van der Waals surface area contributed by atoms with Gasteiger partial charge in [0.2, 0.25) is 11.8 Å². The molecule has 0 fully saturated rings. The first-order valence-corrected chi connectivity index (χ1v) is 6.69. The van der Waals surface area contributed by atoms with Crippen LogP contribution in [0.25, 0.3) is 11.5 Å². The second-order valence-corrected chi connectivity index (χ2v) is 6.30. The average molecular weight is 314 g/mol. The van der Waals surface area contributed by atoms with Crippen LogP contribution in [0.15, 0.2) is 22.6 Å². The van der Waals surface area contributed by atoms with E-state index in [-0.39, 0.29) is 17.3 Å². The standard InChI is InChI=1S/C15H17F3N2O2/c1-8-5-9(7-10(6-8)15(16,17)18)12-19-20-13(22-12)11(21)14(2,3)4/h5-7,11,21H,1-4H3/t11-/m1/s1. The largest absolute Gasteiger partial charge is 0.418 e. The number of alkyl halides is 3. The fourth-order valence-electron chi connectivity index (χ4n) is 1.90. The number of halogens is 3. The van der Waals surface area contributed by atoms with Gasteiger partial charge in [-0.2, -0.15) is 13.2 Å². The molecule has 1 N–H and O–H groups in total. The van der Waals surface area contributed by atoms with Crippen molar-refractivity contribution in [3.63, 3.8) is 0 Å². The van der Waals surface area contributed by atoms with E-state index < -0.39 is 23.3 Å². The molecule has 1 aromatic carbocycles. The van der Waals surface area contributed by atoms with Crippen molar-refractivity contribution < 1.29 is 22.7 Å². The molecule has 0 bridgehead atoms. The van der Waals surface area contributed by atoms with Gasteiger partial charge in [0, 0.05) is 5.56 Å². The Balaban J connectivity index is 2.42. The van der Waals surface area contributed by atoms with E-state index in [4.69, 9.17) is 4.42 Å². The van der Waals surface area contributed by atoms with Crippen LogP contribution in [0, 0.1) is 12.3 Å². The van der Waals surface area contributed by atoms with Crippen LogP contribution >= 0.6 is 0 Å². The number of hydrogen-bond donors (Lipinski definition) is 1. The van der Waals surface area contributed by atoms with Gasteiger partial charge in [0.1, 0.15) is 6.10 Å². The molecular formula is C15H17F3N2O2. The lowest BCUT2D eigenvalue weighted by molar-refractivity contribution is -0.137. The van der Waals surface area contributed by atoms with Gasteiger partial charge in [-0.05, 0) is 36.1 Å². The monoisotopic (exact) mass is 314 g/mol. The molecule has 0 aliphatic carbocycles. The number of rotatable bonds is 2. The van der Waals surface area contributed by atoms with E-state index in [0.29, 0.717) is 5.56 Å². The van der Waals surface area contributed by atoms with Gasteiger partial charge in [0.25, 0.3) is 0 Å². The Hall–Kier alpha value is -1.89. The number of aliphatic hydroxyl groups is 1. The highest BCUT2D eigenvalue weighted by molar-refractivity contribution is 5.56. The third kappa shape index (κ3) is 3.47. The van der Waals surface area contributed by atoms with Crippen molar-refractivity contribution in [2.24, 2.45) is 5.41 Å². The lowest BCUT2D eigenvalue weighted by Gasteiger charge is -2.22. The average Bonchev–Trinajstić information content (AvgIpc) is 2.84. The number of aromatic nitrogens is 2. The zero-order valence-corrected chi connectivity index (χ0v) is 12.7. The molecule has 0 spiro atoms. The molecule has 0 saturated carbocycles. The van der Waals surface area contributed by atoms with Gasteiger partial charge in [0.05, 0.1) is 5.56 Å². The summed E-state index contributed by atoms with van der Waals surface area (Å²) in [5.74, 6) is -0.0648. The molecular weight excluding hydrogens is 297 g/mol. The number of aliphatic hydroxyl groups excluding tert-OH is 1. The molecule has 0 aliphatic rings. The van der Waals surface area contributed by atoms with Crippen LogP contribution in [0.4, 0.5) is 13.2 Å². The zero-order valence-electron chi connectivity index (χ0n) is 12.7. The number of nitrogens with zero attached hydrogens (tertiary/aromatic N) is 2. The topological polar surface area (TPSA) is 59.2 Å². The van der Waals surface area contributed by atoms with Crippen LogP contribution in [0.1, 0.15) is 43.9 Å². The predicted molar refractivity (Wildman–Crippen MR) is 73.9 cm³/mol. The predicted octanol–water partition coefficient (Wildman–Crippen LogP) is 4.14. The molecule has 0 aliphatic heterocycles. The summed E-state index contributed by atoms with van der Waals surface area (Å²) in [7, 11) is 0. The van der Waals surface area contributed by atoms with Crippen LogP contribution < -0.4 is 0 Å². The molecule has 4 nitrogen and oxygen atoms in total. The van der Waals surface area contributed by atoms with Crippen LogP contribution in [0.5, 0.6) is 0 Å². The summed E-state index contributed by atoms with van der Waals surface area (Å²) in [4.78, 5) is 0. The van der Waals surface area contributed by atoms with Crippen molar-refractivity contribution in [3.8, 4) is 11.5 Å². The van der Waals surface area contributed by atoms with Crippen LogP contribution in [0.3, 0.4) is 0 Å². The zero-order chi connectivity index (χ0) is 16.7. The lowest BCUT2D eigenvalue weighted by Crippen LogP contribution is -2.18. The maximum atomic E-state index is 12.8. The second-order valence-electron chi connectivity index (χ2n) is 6.30. The third-order valence-electron chi connectivity index (χ3n) is 3.15. The molecule has 1 atom stereocenters. The fraction of sp³-hybridized carbons (Fsp3) is 0.467.